The molecule has 2 fully saturated rings. The Morgan fingerprint density at radius 1 is 1.20 bits per heavy atom. The zero-order valence-corrected chi connectivity index (χ0v) is 10.00. The van der Waals surface area contributed by atoms with E-state index in [1.807, 2.05) is 0 Å². The second-order valence-corrected chi connectivity index (χ2v) is 5.53. The molecule has 0 N–H and O–H groups in total. The lowest BCUT2D eigenvalue weighted by atomic mass is 9.71. The van der Waals surface area contributed by atoms with Gasteiger partial charge in [-0.2, -0.15) is 5.26 Å². The normalized spacial score (nSPS) is 42.7. The fraction of sp³-hybridized carbons (Fsp3) is 0.923. The third-order valence-corrected chi connectivity index (χ3v) is 4.56. The van der Waals surface area contributed by atoms with E-state index < -0.39 is 0 Å². The highest BCUT2D eigenvalue weighted by atomic mass is 15.2. The van der Waals surface area contributed by atoms with Crippen LogP contribution in [0.5, 0.6) is 0 Å². The Morgan fingerprint density at radius 2 is 1.87 bits per heavy atom. The molecule has 0 spiro atoms. The van der Waals surface area contributed by atoms with Crippen molar-refractivity contribution in [3.8, 4) is 6.07 Å². The molecule has 0 bridgehead atoms. The van der Waals surface area contributed by atoms with Gasteiger partial charge in [-0.25, -0.2) is 0 Å². The van der Waals surface area contributed by atoms with Crippen LogP contribution in [0.1, 0.15) is 46.0 Å². The Bertz CT molecular complexity index is 262. The van der Waals surface area contributed by atoms with Gasteiger partial charge in [0.05, 0.1) is 6.07 Å². The molecule has 0 aromatic rings. The molecule has 1 aliphatic heterocycles. The van der Waals surface area contributed by atoms with Gasteiger partial charge in [-0.15, -0.1) is 0 Å². The molecule has 2 heteroatoms. The topological polar surface area (TPSA) is 27.0 Å². The van der Waals surface area contributed by atoms with Crippen molar-refractivity contribution < 1.29 is 0 Å². The molecule has 3 atom stereocenters. The minimum absolute atomic E-state index is 0.109. The van der Waals surface area contributed by atoms with Gasteiger partial charge >= 0.3 is 0 Å². The molecule has 84 valence electrons. The van der Waals surface area contributed by atoms with Crippen molar-refractivity contribution in [1.82, 2.24) is 4.90 Å². The first-order valence-corrected chi connectivity index (χ1v) is 6.34. The second-order valence-electron chi connectivity index (χ2n) is 5.53. The van der Waals surface area contributed by atoms with Crippen LogP contribution >= 0.6 is 0 Å². The van der Waals surface area contributed by atoms with Crippen molar-refractivity contribution in [2.75, 3.05) is 13.1 Å². The molecule has 1 aliphatic carbocycles. The smallest absolute Gasteiger partial charge is 0.109 e. The van der Waals surface area contributed by atoms with Crippen molar-refractivity contribution in [2.24, 2.45) is 11.8 Å². The van der Waals surface area contributed by atoms with Crippen molar-refractivity contribution in [3.63, 3.8) is 0 Å². The van der Waals surface area contributed by atoms with Crippen LogP contribution in [0.4, 0.5) is 0 Å². The Morgan fingerprint density at radius 3 is 2.40 bits per heavy atom. The molecule has 0 radical (unpaired) electrons. The SMILES string of the molecule is CC1CCC(C#N)(N2CCCC2)CC1C. The van der Waals surface area contributed by atoms with E-state index in [1.165, 1.54) is 19.3 Å². The lowest BCUT2D eigenvalue weighted by Crippen LogP contribution is -2.50. The van der Waals surface area contributed by atoms with E-state index in [9.17, 15) is 5.26 Å². The van der Waals surface area contributed by atoms with Gasteiger partial charge in [0.15, 0.2) is 0 Å². The van der Waals surface area contributed by atoms with Gasteiger partial charge in [0.25, 0.3) is 0 Å². The lowest BCUT2D eigenvalue weighted by molar-refractivity contribution is 0.0765. The van der Waals surface area contributed by atoms with Gasteiger partial charge in [-0.3, -0.25) is 4.90 Å². The summed E-state index contributed by atoms with van der Waals surface area (Å²) in [4.78, 5) is 2.45. The van der Waals surface area contributed by atoms with Crippen LogP contribution < -0.4 is 0 Å². The molecule has 2 nitrogen and oxygen atoms in total. The molecular formula is C13H22N2. The molecule has 0 aromatic carbocycles. The average Bonchev–Trinajstić information content (AvgIpc) is 2.76. The van der Waals surface area contributed by atoms with E-state index in [0.29, 0.717) is 5.92 Å². The predicted octanol–water partition coefficient (Wildman–Crippen LogP) is 2.80. The van der Waals surface area contributed by atoms with E-state index >= 15 is 0 Å². The molecule has 2 rings (SSSR count). The zero-order chi connectivity index (χ0) is 10.9. The average molecular weight is 206 g/mol. The molecule has 3 unspecified atom stereocenters. The van der Waals surface area contributed by atoms with Gasteiger partial charge < -0.3 is 0 Å². The summed E-state index contributed by atoms with van der Waals surface area (Å²) in [5.74, 6) is 1.51. The first-order valence-electron chi connectivity index (χ1n) is 6.34. The number of rotatable bonds is 1. The largest absolute Gasteiger partial charge is 0.286 e. The Labute approximate surface area is 93.3 Å². The number of nitrogens with zero attached hydrogens (tertiary/aromatic N) is 2. The van der Waals surface area contributed by atoms with Crippen LogP contribution in [0.25, 0.3) is 0 Å². The molecular weight excluding hydrogens is 184 g/mol. The van der Waals surface area contributed by atoms with Crippen LogP contribution in [-0.2, 0) is 0 Å². The Balaban J connectivity index is 2.12. The first kappa shape index (κ1) is 11.0. The van der Waals surface area contributed by atoms with Crippen molar-refractivity contribution >= 4 is 0 Å². The van der Waals surface area contributed by atoms with Crippen LogP contribution in [0.2, 0.25) is 0 Å². The third kappa shape index (κ3) is 1.90. The van der Waals surface area contributed by atoms with E-state index in [1.54, 1.807) is 0 Å². The highest BCUT2D eigenvalue weighted by Gasteiger charge is 2.43. The maximum absolute atomic E-state index is 9.51. The van der Waals surface area contributed by atoms with Crippen molar-refractivity contribution in [1.29, 1.82) is 5.26 Å². The summed E-state index contributed by atoms with van der Waals surface area (Å²) in [6.45, 7) is 6.94. The molecule has 0 aromatic heterocycles. The monoisotopic (exact) mass is 206 g/mol. The summed E-state index contributed by atoms with van der Waals surface area (Å²) in [6.07, 6.45) is 5.98. The highest BCUT2D eigenvalue weighted by Crippen LogP contribution is 2.40. The fourth-order valence-electron chi connectivity index (χ4n) is 3.19. The maximum Gasteiger partial charge on any atom is 0.109 e. The third-order valence-electron chi connectivity index (χ3n) is 4.56. The lowest BCUT2D eigenvalue weighted by Gasteiger charge is -2.43. The summed E-state index contributed by atoms with van der Waals surface area (Å²) < 4.78 is 0. The number of nitriles is 1. The van der Waals surface area contributed by atoms with Gasteiger partial charge in [0.1, 0.15) is 5.54 Å². The fourth-order valence-corrected chi connectivity index (χ4v) is 3.19. The molecule has 1 saturated carbocycles. The Kier molecular flexibility index (Phi) is 3.02. The number of likely N-dealkylation sites (tertiary alicyclic amines) is 1. The number of hydrogen-bond donors (Lipinski definition) is 0. The van der Waals surface area contributed by atoms with Gasteiger partial charge in [0.2, 0.25) is 0 Å². The molecule has 2 aliphatic rings. The summed E-state index contributed by atoms with van der Waals surface area (Å²) >= 11 is 0. The number of hydrogen-bond acceptors (Lipinski definition) is 2. The zero-order valence-electron chi connectivity index (χ0n) is 10.00. The minimum atomic E-state index is -0.109. The summed E-state index contributed by atoms with van der Waals surface area (Å²) in [5, 5.41) is 9.51. The van der Waals surface area contributed by atoms with E-state index in [4.69, 9.17) is 0 Å². The first-order chi connectivity index (χ1) is 7.18. The van der Waals surface area contributed by atoms with Gasteiger partial charge in [-0.1, -0.05) is 13.8 Å². The van der Waals surface area contributed by atoms with E-state index in [2.05, 4.69) is 24.8 Å². The minimum Gasteiger partial charge on any atom is -0.286 e. The quantitative estimate of drug-likeness (QED) is 0.659. The maximum atomic E-state index is 9.51. The Hall–Kier alpha value is -0.550. The summed E-state index contributed by atoms with van der Waals surface area (Å²) in [6, 6.07) is 2.64. The standard InChI is InChI=1S/C13H22N2/c1-11-5-6-13(10-14,9-12(11)2)15-7-3-4-8-15/h11-12H,3-9H2,1-2H3. The van der Waals surface area contributed by atoms with E-state index in [-0.39, 0.29) is 5.54 Å². The van der Waals surface area contributed by atoms with Crippen molar-refractivity contribution in [2.45, 2.75) is 51.5 Å². The van der Waals surface area contributed by atoms with Crippen LogP contribution in [0.15, 0.2) is 0 Å². The van der Waals surface area contributed by atoms with Crippen LogP contribution in [-0.4, -0.2) is 23.5 Å². The molecule has 1 saturated heterocycles. The summed E-state index contributed by atoms with van der Waals surface area (Å²) in [5.41, 5.74) is -0.109. The second kappa shape index (κ2) is 4.14. The van der Waals surface area contributed by atoms with Crippen molar-refractivity contribution in [3.05, 3.63) is 0 Å². The van der Waals surface area contributed by atoms with Gasteiger partial charge in [0, 0.05) is 0 Å². The van der Waals surface area contributed by atoms with Crippen LogP contribution in [0.3, 0.4) is 0 Å². The summed E-state index contributed by atoms with van der Waals surface area (Å²) in [7, 11) is 0. The molecule has 1 heterocycles. The van der Waals surface area contributed by atoms with Crippen LogP contribution in [0, 0.1) is 23.2 Å². The highest BCUT2D eigenvalue weighted by molar-refractivity contribution is 5.12. The van der Waals surface area contributed by atoms with E-state index in [0.717, 1.165) is 31.8 Å². The molecule has 15 heavy (non-hydrogen) atoms. The predicted molar refractivity (Wildman–Crippen MR) is 61.3 cm³/mol. The van der Waals surface area contributed by atoms with Gasteiger partial charge in [-0.05, 0) is 57.0 Å². The molecule has 0 amide bonds.